The molecule has 5 heteroatoms. The Morgan fingerprint density at radius 2 is 1.94 bits per heavy atom. The van der Waals surface area contributed by atoms with E-state index in [1.807, 2.05) is 30.3 Å². The third-order valence-corrected chi connectivity index (χ3v) is 2.33. The van der Waals surface area contributed by atoms with Crippen molar-refractivity contribution < 1.29 is 14.3 Å². The Hall–Kier alpha value is -1.10. The van der Waals surface area contributed by atoms with Crippen LogP contribution in [0.15, 0.2) is 30.3 Å². The van der Waals surface area contributed by atoms with Gasteiger partial charge in [0.05, 0.1) is 19.8 Å². The molecule has 0 bridgehead atoms. The van der Waals surface area contributed by atoms with Crippen LogP contribution in [0.4, 0.5) is 0 Å². The Morgan fingerprint density at radius 1 is 1.35 bits per heavy atom. The summed E-state index contributed by atoms with van der Waals surface area (Å²) in [5, 5.41) is 0. The molecule has 1 unspecified atom stereocenters. The SMILES string of the molecule is COC(=O)[C@@H](N)C(C)OCc1ccccc1.Cl. The molecule has 0 fully saturated rings. The van der Waals surface area contributed by atoms with E-state index in [1.54, 1.807) is 6.92 Å². The Balaban J connectivity index is 0.00000256. The molecule has 1 aromatic rings. The molecule has 0 saturated heterocycles. The second kappa shape index (κ2) is 8.06. The van der Waals surface area contributed by atoms with Crippen molar-refractivity contribution in [3.63, 3.8) is 0 Å². The molecule has 0 aromatic heterocycles. The van der Waals surface area contributed by atoms with Gasteiger partial charge in [-0.15, -0.1) is 12.4 Å². The average Bonchev–Trinajstić information content (AvgIpc) is 2.35. The topological polar surface area (TPSA) is 61.5 Å². The minimum absolute atomic E-state index is 0. The second-order valence-corrected chi connectivity index (χ2v) is 3.55. The first kappa shape index (κ1) is 15.9. The van der Waals surface area contributed by atoms with E-state index in [9.17, 15) is 4.79 Å². The summed E-state index contributed by atoms with van der Waals surface area (Å²) < 4.78 is 10.0. The highest BCUT2D eigenvalue weighted by Gasteiger charge is 2.21. The quantitative estimate of drug-likeness (QED) is 0.815. The lowest BCUT2D eigenvalue weighted by molar-refractivity contribution is -0.146. The normalized spacial score (nSPS) is 13.4. The van der Waals surface area contributed by atoms with Crippen molar-refractivity contribution >= 4 is 18.4 Å². The minimum Gasteiger partial charge on any atom is -0.468 e. The lowest BCUT2D eigenvalue weighted by Crippen LogP contribution is -2.42. The molecule has 4 nitrogen and oxygen atoms in total. The number of carbonyl (C=O) groups is 1. The summed E-state index contributed by atoms with van der Waals surface area (Å²) in [6, 6.07) is 8.97. The van der Waals surface area contributed by atoms with E-state index in [2.05, 4.69) is 4.74 Å². The summed E-state index contributed by atoms with van der Waals surface area (Å²) in [6.45, 7) is 2.19. The molecule has 2 N–H and O–H groups in total. The molecule has 0 aliphatic carbocycles. The molecule has 0 aliphatic rings. The number of carbonyl (C=O) groups excluding carboxylic acids is 1. The molecule has 0 spiro atoms. The summed E-state index contributed by atoms with van der Waals surface area (Å²) in [4.78, 5) is 11.1. The van der Waals surface area contributed by atoms with Crippen LogP contribution in [0.1, 0.15) is 12.5 Å². The van der Waals surface area contributed by atoms with Crippen LogP contribution in [0.5, 0.6) is 0 Å². The Morgan fingerprint density at radius 3 is 2.47 bits per heavy atom. The molecule has 0 amide bonds. The number of rotatable bonds is 5. The molecule has 0 radical (unpaired) electrons. The Bertz CT molecular complexity index is 332. The van der Waals surface area contributed by atoms with Crippen molar-refractivity contribution in [1.29, 1.82) is 0 Å². The van der Waals surface area contributed by atoms with Crippen LogP contribution in [0.25, 0.3) is 0 Å². The maximum Gasteiger partial charge on any atom is 0.325 e. The monoisotopic (exact) mass is 259 g/mol. The number of nitrogens with two attached hydrogens (primary N) is 1. The van der Waals surface area contributed by atoms with Crippen molar-refractivity contribution in [2.75, 3.05) is 7.11 Å². The fraction of sp³-hybridized carbons (Fsp3) is 0.417. The predicted octanol–water partition coefficient (Wildman–Crippen LogP) is 1.51. The van der Waals surface area contributed by atoms with Gasteiger partial charge in [0, 0.05) is 0 Å². The lowest BCUT2D eigenvalue weighted by Gasteiger charge is -2.18. The standard InChI is InChI=1S/C12H17NO3.ClH/c1-9(11(13)12(14)15-2)16-8-10-6-4-3-5-7-10;/h3-7,9,11H,8,13H2,1-2H3;1H/t9?,11-;/m0./s1. The van der Waals surface area contributed by atoms with E-state index in [-0.39, 0.29) is 18.5 Å². The van der Waals surface area contributed by atoms with Gasteiger partial charge in [0.1, 0.15) is 6.04 Å². The summed E-state index contributed by atoms with van der Waals surface area (Å²) in [6.07, 6.45) is -0.368. The fourth-order valence-electron chi connectivity index (χ4n) is 1.23. The van der Waals surface area contributed by atoms with E-state index in [4.69, 9.17) is 10.5 Å². The zero-order valence-electron chi connectivity index (χ0n) is 9.96. The van der Waals surface area contributed by atoms with Gasteiger partial charge in [0.15, 0.2) is 0 Å². The second-order valence-electron chi connectivity index (χ2n) is 3.55. The largest absolute Gasteiger partial charge is 0.468 e. The Labute approximate surface area is 108 Å². The zero-order valence-corrected chi connectivity index (χ0v) is 10.8. The van der Waals surface area contributed by atoms with Gasteiger partial charge in [-0.25, -0.2) is 0 Å². The highest BCUT2D eigenvalue weighted by molar-refractivity contribution is 5.85. The number of halogens is 1. The Kier molecular flexibility index (Phi) is 7.54. The van der Waals surface area contributed by atoms with Crippen LogP contribution >= 0.6 is 12.4 Å². The average molecular weight is 260 g/mol. The lowest BCUT2D eigenvalue weighted by atomic mass is 10.2. The van der Waals surface area contributed by atoms with Crippen LogP contribution in [0.3, 0.4) is 0 Å². The van der Waals surface area contributed by atoms with E-state index in [0.717, 1.165) is 5.56 Å². The van der Waals surface area contributed by atoms with E-state index in [1.165, 1.54) is 7.11 Å². The third-order valence-electron chi connectivity index (χ3n) is 2.33. The third kappa shape index (κ3) is 5.17. The number of benzene rings is 1. The van der Waals surface area contributed by atoms with Gasteiger partial charge in [0.2, 0.25) is 0 Å². The van der Waals surface area contributed by atoms with E-state index >= 15 is 0 Å². The fourth-order valence-corrected chi connectivity index (χ4v) is 1.23. The molecule has 0 heterocycles. The van der Waals surface area contributed by atoms with Gasteiger partial charge in [-0.05, 0) is 12.5 Å². The number of ether oxygens (including phenoxy) is 2. The van der Waals surface area contributed by atoms with Crippen LogP contribution in [-0.2, 0) is 20.9 Å². The molecule has 2 atom stereocenters. The van der Waals surface area contributed by atoms with Crippen molar-refractivity contribution in [2.45, 2.75) is 25.7 Å². The molecule has 17 heavy (non-hydrogen) atoms. The first-order valence-electron chi connectivity index (χ1n) is 5.14. The number of hydrogen-bond donors (Lipinski definition) is 1. The molecule has 0 aliphatic heterocycles. The van der Waals surface area contributed by atoms with Crippen molar-refractivity contribution in [3.05, 3.63) is 35.9 Å². The van der Waals surface area contributed by atoms with Crippen LogP contribution in [0, 0.1) is 0 Å². The van der Waals surface area contributed by atoms with Gasteiger partial charge >= 0.3 is 5.97 Å². The van der Waals surface area contributed by atoms with Crippen LogP contribution < -0.4 is 5.73 Å². The smallest absolute Gasteiger partial charge is 0.325 e. The van der Waals surface area contributed by atoms with E-state index < -0.39 is 12.0 Å². The molecule has 96 valence electrons. The number of hydrogen-bond acceptors (Lipinski definition) is 4. The summed E-state index contributed by atoms with van der Waals surface area (Å²) >= 11 is 0. The highest BCUT2D eigenvalue weighted by Crippen LogP contribution is 2.05. The molecule has 1 rings (SSSR count). The van der Waals surface area contributed by atoms with Crippen molar-refractivity contribution in [2.24, 2.45) is 5.73 Å². The van der Waals surface area contributed by atoms with Gasteiger partial charge in [-0.3, -0.25) is 4.79 Å². The summed E-state index contributed by atoms with van der Waals surface area (Å²) in [5.74, 6) is -0.458. The maximum absolute atomic E-state index is 11.1. The molecule has 0 saturated carbocycles. The highest BCUT2D eigenvalue weighted by atomic mass is 35.5. The maximum atomic E-state index is 11.1. The van der Waals surface area contributed by atoms with Crippen molar-refractivity contribution in [1.82, 2.24) is 0 Å². The van der Waals surface area contributed by atoms with Crippen molar-refractivity contribution in [3.8, 4) is 0 Å². The van der Waals surface area contributed by atoms with Gasteiger partial charge < -0.3 is 15.2 Å². The minimum atomic E-state index is -0.742. The van der Waals surface area contributed by atoms with Gasteiger partial charge in [-0.2, -0.15) is 0 Å². The first-order chi connectivity index (χ1) is 7.65. The number of methoxy groups -OCH3 is 1. The molecular weight excluding hydrogens is 242 g/mol. The number of esters is 1. The zero-order chi connectivity index (χ0) is 12.0. The van der Waals surface area contributed by atoms with Gasteiger partial charge in [-0.1, -0.05) is 30.3 Å². The van der Waals surface area contributed by atoms with E-state index in [0.29, 0.717) is 6.61 Å². The molecule has 1 aromatic carbocycles. The van der Waals surface area contributed by atoms with Crippen LogP contribution in [-0.4, -0.2) is 25.2 Å². The molecular formula is C12H18ClNO3. The summed E-state index contributed by atoms with van der Waals surface area (Å²) in [5.41, 5.74) is 6.68. The van der Waals surface area contributed by atoms with Crippen LogP contribution in [0.2, 0.25) is 0 Å². The van der Waals surface area contributed by atoms with Gasteiger partial charge in [0.25, 0.3) is 0 Å². The first-order valence-corrected chi connectivity index (χ1v) is 5.14. The predicted molar refractivity (Wildman–Crippen MR) is 67.9 cm³/mol. The summed E-state index contributed by atoms with van der Waals surface area (Å²) in [7, 11) is 1.31.